The molecule has 0 aromatic carbocycles. The average Bonchev–Trinajstić information content (AvgIpc) is 2.22. The van der Waals surface area contributed by atoms with E-state index in [1.165, 1.54) is 0 Å². The summed E-state index contributed by atoms with van der Waals surface area (Å²) in [6.07, 6.45) is 2.02. The molecule has 0 bridgehead atoms. The summed E-state index contributed by atoms with van der Waals surface area (Å²) in [5, 5.41) is 0. The van der Waals surface area contributed by atoms with Gasteiger partial charge in [0, 0.05) is 0 Å². The van der Waals surface area contributed by atoms with Crippen molar-refractivity contribution in [3.05, 3.63) is 0 Å². The molecule has 2 unspecified atom stereocenters. The lowest BCUT2D eigenvalue weighted by Crippen LogP contribution is -2.40. The van der Waals surface area contributed by atoms with Gasteiger partial charge in [0.25, 0.3) is 0 Å². The highest BCUT2D eigenvalue weighted by molar-refractivity contribution is 5.77. The van der Waals surface area contributed by atoms with Crippen molar-refractivity contribution in [2.75, 3.05) is 0 Å². The Balaban J connectivity index is 4.43. The lowest BCUT2D eigenvalue weighted by Gasteiger charge is -2.37. The minimum absolute atomic E-state index is 0.00563. The summed E-state index contributed by atoms with van der Waals surface area (Å²) in [7, 11) is 0. The topological polar surface area (TPSA) is 26.3 Å². The fourth-order valence-electron chi connectivity index (χ4n) is 1.61. The summed E-state index contributed by atoms with van der Waals surface area (Å²) < 4.78 is 5.67. The van der Waals surface area contributed by atoms with Crippen molar-refractivity contribution in [3.63, 3.8) is 0 Å². The second-order valence-corrected chi connectivity index (χ2v) is 8.94. The van der Waals surface area contributed by atoms with Crippen molar-refractivity contribution in [1.82, 2.24) is 0 Å². The Morgan fingerprint density at radius 1 is 0.900 bits per heavy atom. The third kappa shape index (κ3) is 5.46. The quantitative estimate of drug-likeness (QED) is 0.627. The molecule has 0 N–H and O–H groups in total. The van der Waals surface area contributed by atoms with Gasteiger partial charge in [-0.25, -0.2) is 0 Å². The Morgan fingerprint density at radius 3 is 1.70 bits per heavy atom. The number of rotatable bonds is 5. The van der Waals surface area contributed by atoms with Gasteiger partial charge in [0.1, 0.15) is 0 Å². The van der Waals surface area contributed by atoms with Gasteiger partial charge < -0.3 is 4.74 Å². The molecule has 0 saturated carbocycles. The summed E-state index contributed by atoms with van der Waals surface area (Å²) in [6.45, 7) is 21.3. The van der Waals surface area contributed by atoms with Gasteiger partial charge in [0.15, 0.2) is 0 Å². The summed E-state index contributed by atoms with van der Waals surface area (Å²) >= 11 is 0. The monoisotopic (exact) mass is 284 g/mol. The second-order valence-electron chi connectivity index (χ2n) is 8.94. The van der Waals surface area contributed by atoms with Crippen LogP contribution in [0.25, 0.3) is 0 Å². The molecule has 0 heterocycles. The van der Waals surface area contributed by atoms with Crippen LogP contribution in [0.15, 0.2) is 0 Å². The SMILES string of the molecule is CC(CCC(C)C(C)(C)C)OC(=O)C(C)(C)C(C)(C)C. The molecule has 2 heteroatoms. The largest absolute Gasteiger partial charge is 0.462 e. The molecule has 0 aliphatic heterocycles. The van der Waals surface area contributed by atoms with Gasteiger partial charge in [0.2, 0.25) is 0 Å². The van der Waals surface area contributed by atoms with Gasteiger partial charge in [-0.2, -0.15) is 0 Å². The van der Waals surface area contributed by atoms with E-state index in [2.05, 4.69) is 48.5 Å². The Bertz CT molecular complexity index is 315. The third-order valence-corrected chi connectivity index (χ3v) is 5.18. The third-order valence-electron chi connectivity index (χ3n) is 5.18. The molecule has 0 saturated heterocycles. The van der Waals surface area contributed by atoms with Crippen molar-refractivity contribution in [2.24, 2.45) is 22.2 Å². The van der Waals surface area contributed by atoms with Crippen LogP contribution in [0.5, 0.6) is 0 Å². The predicted molar refractivity (Wildman–Crippen MR) is 86.6 cm³/mol. The molecule has 0 aromatic rings. The number of carbonyl (C=O) groups excluding carboxylic acids is 1. The zero-order valence-corrected chi connectivity index (χ0v) is 15.4. The van der Waals surface area contributed by atoms with E-state index in [0.717, 1.165) is 12.8 Å². The minimum Gasteiger partial charge on any atom is -0.462 e. The van der Waals surface area contributed by atoms with Crippen LogP contribution in [0.2, 0.25) is 0 Å². The van der Waals surface area contributed by atoms with Crippen molar-refractivity contribution in [1.29, 1.82) is 0 Å². The van der Waals surface area contributed by atoms with Gasteiger partial charge in [-0.3, -0.25) is 4.79 Å². The van der Waals surface area contributed by atoms with Gasteiger partial charge in [-0.1, -0.05) is 48.5 Å². The summed E-state index contributed by atoms with van der Waals surface area (Å²) in [5.41, 5.74) is -0.242. The van der Waals surface area contributed by atoms with E-state index >= 15 is 0 Å². The molecule has 0 radical (unpaired) electrons. The van der Waals surface area contributed by atoms with Gasteiger partial charge in [0.05, 0.1) is 11.5 Å². The molecule has 0 rings (SSSR count). The van der Waals surface area contributed by atoms with Crippen molar-refractivity contribution < 1.29 is 9.53 Å². The van der Waals surface area contributed by atoms with Gasteiger partial charge in [-0.15, -0.1) is 0 Å². The first kappa shape index (κ1) is 19.5. The van der Waals surface area contributed by atoms with Crippen molar-refractivity contribution >= 4 is 5.97 Å². The average molecular weight is 284 g/mol. The highest BCUT2D eigenvalue weighted by Crippen LogP contribution is 2.39. The van der Waals surface area contributed by atoms with Crippen LogP contribution >= 0.6 is 0 Å². The van der Waals surface area contributed by atoms with Crippen molar-refractivity contribution in [2.45, 2.75) is 88.2 Å². The summed E-state index contributed by atoms with van der Waals surface area (Å²) in [5.74, 6) is 0.542. The zero-order chi connectivity index (χ0) is 16.4. The Labute approximate surface area is 126 Å². The molecule has 0 aliphatic carbocycles. The van der Waals surface area contributed by atoms with Crippen LogP contribution in [0, 0.1) is 22.2 Å². The molecular weight excluding hydrogens is 248 g/mol. The molecule has 0 aromatic heterocycles. The van der Waals surface area contributed by atoms with Crippen LogP contribution in [-0.2, 0) is 9.53 Å². The molecule has 0 aliphatic rings. The molecule has 0 spiro atoms. The number of carbonyl (C=O) groups is 1. The first-order valence-corrected chi connectivity index (χ1v) is 7.90. The first-order valence-electron chi connectivity index (χ1n) is 7.90. The van der Waals surface area contributed by atoms with E-state index in [-0.39, 0.29) is 17.5 Å². The van der Waals surface area contributed by atoms with E-state index in [0.29, 0.717) is 11.3 Å². The maximum Gasteiger partial charge on any atom is 0.312 e. The molecule has 120 valence electrons. The van der Waals surface area contributed by atoms with Crippen LogP contribution in [0.1, 0.15) is 82.1 Å². The van der Waals surface area contributed by atoms with Crippen LogP contribution in [0.3, 0.4) is 0 Å². The van der Waals surface area contributed by atoms with Gasteiger partial charge in [-0.05, 0) is 50.4 Å². The molecule has 2 nitrogen and oxygen atoms in total. The maximum absolute atomic E-state index is 12.3. The fourth-order valence-corrected chi connectivity index (χ4v) is 1.61. The normalized spacial score (nSPS) is 16.7. The van der Waals surface area contributed by atoms with E-state index < -0.39 is 5.41 Å². The van der Waals surface area contributed by atoms with E-state index in [9.17, 15) is 4.79 Å². The zero-order valence-electron chi connectivity index (χ0n) is 15.4. The van der Waals surface area contributed by atoms with E-state index in [1.807, 2.05) is 20.8 Å². The molecule has 0 fully saturated rings. The Kier molecular flexibility index (Phi) is 6.32. The Morgan fingerprint density at radius 2 is 1.35 bits per heavy atom. The maximum atomic E-state index is 12.3. The predicted octanol–water partition coefficient (Wildman–Crippen LogP) is 5.45. The van der Waals surface area contributed by atoms with Gasteiger partial charge >= 0.3 is 5.97 Å². The van der Waals surface area contributed by atoms with E-state index in [1.54, 1.807) is 0 Å². The highest BCUT2D eigenvalue weighted by atomic mass is 16.5. The summed E-state index contributed by atoms with van der Waals surface area (Å²) in [6, 6.07) is 0. The molecule has 20 heavy (non-hydrogen) atoms. The number of hydrogen-bond donors (Lipinski definition) is 0. The van der Waals surface area contributed by atoms with E-state index in [4.69, 9.17) is 4.74 Å². The first-order chi connectivity index (χ1) is 8.69. The second kappa shape index (κ2) is 6.49. The van der Waals surface area contributed by atoms with Crippen LogP contribution < -0.4 is 0 Å². The lowest BCUT2D eigenvalue weighted by atomic mass is 9.69. The lowest BCUT2D eigenvalue weighted by molar-refractivity contribution is -0.165. The van der Waals surface area contributed by atoms with Crippen molar-refractivity contribution in [3.8, 4) is 0 Å². The highest BCUT2D eigenvalue weighted by Gasteiger charge is 2.41. The Hall–Kier alpha value is -0.530. The smallest absolute Gasteiger partial charge is 0.312 e. The van der Waals surface area contributed by atoms with Crippen LogP contribution in [0.4, 0.5) is 0 Å². The standard InChI is InChI=1S/C18H36O2/c1-13(16(3,4)5)11-12-14(2)20-15(19)18(9,10)17(6,7)8/h13-14H,11-12H2,1-10H3. The van der Waals surface area contributed by atoms with Crippen LogP contribution in [-0.4, -0.2) is 12.1 Å². The molecule has 2 atom stereocenters. The molecule has 0 amide bonds. The number of hydrogen-bond acceptors (Lipinski definition) is 2. The molecular formula is C18H36O2. The summed E-state index contributed by atoms with van der Waals surface area (Å²) in [4.78, 5) is 12.3. The number of esters is 1. The number of ether oxygens (including phenoxy) is 1. The minimum atomic E-state index is -0.461. The fraction of sp³-hybridized carbons (Fsp3) is 0.944.